The van der Waals surface area contributed by atoms with Crippen molar-refractivity contribution in [3.8, 4) is 5.75 Å². The number of rotatable bonds is 4. The number of nitrogens with zero attached hydrogens (tertiary/aromatic N) is 3. The van der Waals surface area contributed by atoms with Gasteiger partial charge in [0.25, 0.3) is 5.91 Å². The average molecular weight is 460 g/mol. The van der Waals surface area contributed by atoms with Crippen molar-refractivity contribution in [1.82, 2.24) is 9.29 Å². The first-order chi connectivity index (χ1) is 15.1. The van der Waals surface area contributed by atoms with E-state index in [4.69, 9.17) is 10.5 Å². The van der Waals surface area contributed by atoms with Gasteiger partial charge in [0, 0.05) is 18.3 Å². The zero-order valence-corrected chi connectivity index (χ0v) is 19.0. The SMILES string of the molecule is C=S1(=O)C2CCC[C@]2(c2cc(NC(=O)c3ncc(OC)cc3C)ccc2F)N=C(N)N1C. The highest BCUT2D eigenvalue weighted by atomic mass is 32.2. The van der Waals surface area contributed by atoms with E-state index in [0.29, 0.717) is 36.3 Å². The molecule has 0 bridgehead atoms. The number of methoxy groups -OCH3 is 1. The summed E-state index contributed by atoms with van der Waals surface area (Å²) < 4.78 is 35.0. The highest BCUT2D eigenvalue weighted by Crippen LogP contribution is 2.49. The van der Waals surface area contributed by atoms with E-state index in [1.165, 1.54) is 29.7 Å². The fourth-order valence-electron chi connectivity index (χ4n) is 4.59. The molecule has 1 aromatic heterocycles. The van der Waals surface area contributed by atoms with Crippen molar-refractivity contribution < 1.29 is 18.1 Å². The monoisotopic (exact) mass is 459 g/mol. The molecular formula is C22H26FN5O3S. The lowest BCUT2D eigenvalue weighted by molar-refractivity contribution is 0.102. The standard InChI is InChI=1S/C22H26FN5O3S/c1-13-10-15(31-3)12-25-19(13)20(29)26-14-7-8-17(23)16(11-14)22-9-5-6-18(22)32(4,30)28(2)21(24)27-22/h7-8,10-12,18H,4-6,9H2,1-3H3,(H2,24,27)(H,26,29)/t18?,22-,32?/m1/s1. The number of anilines is 1. The molecule has 2 aromatic rings. The van der Waals surface area contributed by atoms with Crippen LogP contribution in [-0.2, 0) is 15.2 Å². The summed E-state index contributed by atoms with van der Waals surface area (Å²) in [6.07, 6.45) is 3.26. The number of benzene rings is 1. The molecule has 1 aliphatic carbocycles. The molecule has 4 rings (SSSR count). The van der Waals surface area contributed by atoms with E-state index in [2.05, 4.69) is 21.2 Å². The Balaban J connectivity index is 1.73. The minimum Gasteiger partial charge on any atom is -0.495 e. The maximum absolute atomic E-state index is 15.1. The predicted molar refractivity (Wildman–Crippen MR) is 124 cm³/mol. The van der Waals surface area contributed by atoms with Gasteiger partial charge in [-0.3, -0.25) is 9.10 Å². The summed E-state index contributed by atoms with van der Waals surface area (Å²) in [7, 11) is 0.312. The highest BCUT2D eigenvalue weighted by molar-refractivity contribution is 7.99. The summed E-state index contributed by atoms with van der Waals surface area (Å²) in [5.74, 6) is 3.60. The number of ether oxygens (including phenoxy) is 1. The summed E-state index contributed by atoms with van der Waals surface area (Å²) in [5.41, 5.74) is 6.48. The van der Waals surface area contributed by atoms with Gasteiger partial charge in [-0.1, -0.05) is 0 Å². The van der Waals surface area contributed by atoms with Crippen LogP contribution in [0.2, 0.25) is 0 Å². The Hall–Kier alpha value is -3.14. The zero-order valence-electron chi connectivity index (χ0n) is 18.2. The molecule has 0 radical (unpaired) electrons. The molecule has 170 valence electrons. The summed E-state index contributed by atoms with van der Waals surface area (Å²) in [5, 5.41) is 2.29. The average Bonchev–Trinajstić information content (AvgIpc) is 3.19. The zero-order chi connectivity index (χ0) is 23.3. The minimum absolute atomic E-state index is 0.0649. The van der Waals surface area contributed by atoms with Gasteiger partial charge in [-0.25, -0.2) is 18.6 Å². The van der Waals surface area contributed by atoms with E-state index in [-0.39, 0.29) is 17.2 Å². The molecule has 2 heterocycles. The van der Waals surface area contributed by atoms with E-state index in [0.717, 1.165) is 0 Å². The van der Waals surface area contributed by atoms with Gasteiger partial charge in [-0.15, -0.1) is 0 Å². The Morgan fingerprint density at radius 3 is 2.88 bits per heavy atom. The fraction of sp³-hybridized carbons (Fsp3) is 0.364. The molecule has 1 aromatic carbocycles. The van der Waals surface area contributed by atoms with Crippen molar-refractivity contribution in [2.24, 2.45) is 10.7 Å². The minimum atomic E-state index is -2.80. The molecular weight excluding hydrogens is 433 g/mol. The molecule has 2 aliphatic rings. The van der Waals surface area contributed by atoms with Gasteiger partial charge in [0.2, 0.25) is 5.96 Å². The number of aryl methyl sites for hydroxylation is 1. The first-order valence-corrected chi connectivity index (χ1v) is 11.9. The number of halogens is 1. The second-order valence-electron chi connectivity index (χ2n) is 8.15. The van der Waals surface area contributed by atoms with Crippen LogP contribution in [0.5, 0.6) is 5.75 Å². The second kappa shape index (κ2) is 7.77. The number of guanidine groups is 1. The van der Waals surface area contributed by atoms with E-state index >= 15 is 4.39 Å². The Kier molecular flexibility index (Phi) is 5.36. The Morgan fingerprint density at radius 1 is 1.44 bits per heavy atom. The molecule has 1 saturated carbocycles. The molecule has 1 amide bonds. The quantitative estimate of drug-likeness (QED) is 0.683. The Morgan fingerprint density at radius 2 is 2.19 bits per heavy atom. The lowest BCUT2D eigenvalue weighted by Gasteiger charge is -2.42. The van der Waals surface area contributed by atoms with Crippen LogP contribution in [0.25, 0.3) is 0 Å². The lowest BCUT2D eigenvalue weighted by Crippen LogP contribution is -2.55. The number of carbonyl (C=O) groups excluding carboxylic acids is 1. The van der Waals surface area contributed by atoms with Crippen molar-refractivity contribution in [2.75, 3.05) is 19.5 Å². The summed E-state index contributed by atoms with van der Waals surface area (Å²) in [4.78, 5) is 21.6. The van der Waals surface area contributed by atoms with Crippen LogP contribution in [0, 0.1) is 12.7 Å². The summed E-state index contributed by atoms with van der Waals surface area (Å²) in [6, 6.07) is 6.00. The van der Waals surface area contributed by atoms with Crippen LogP contribution in [0.3, 0.4) is 0 Å². The number of aromatic nitrogens is 1. The number of nitrogens with one attached hydrogen (secondary N) is 1. The number of nitrogens with two attached hydrogens (primary N) is 1. The number of pyridine rings is 1. The van der Waals surface area contributed by atoms with Crippen molar-refractivity contribution >= 4 is 33.1 Å². The third-order valence-corrected chi connectivity index (χ3v) is 8.93. The van der Waals surface area contributed by atoms with E-state index in [9.17, 15) is 9.00 Å². The van der Waals surface area contributed by atoms with E-state index in [1.54, 1.807) is 26.1 Å². The molecule has 2 unspecified atom stereocenters. The van der Waals surface area contributed by atoms with Gasteiger partial charge >= 0.3 is 0 Å². The van der Waals surface area contributed by atoms with Gasteiger partial charge in [0.05, 0.1) is 28.3 Å². The van der Waals surface area contributed by atoms with Crippen LogP contribution in [0.1, 0.15) is 40.9 Å². The molecule has 0 saturated heterocycles. The van der Waals surface area contributed by atoms with Gasteiger partial charge in [0.1, 0.15) is 22.8 Å². The maximum atomic E-state index is 15.1. The molecule has 10 heteroatoms. The van der Waals surface area contributed by atoms with Gasteiger partial charge in [-0.2, -0.15) is 0 Å². The Bertz CT molecular complexity index is 1230. The van der Waals surface area contributed by atoms with Crippen molar-refractivity contribution in [2.45, 2.75) is 37.0 Å². The van der Waals surface area contributed by atoms with Crippen molar-refractivity contribution in [3.63, 3.8) is 0 Å². The smallest absolute Gasteiger partial charge is 0.274 e. The number of hydrogen-bond acceptors (Lipinski definition) is 6. The van der Waals surface area contributed by atoms with Crippen LogP contribution < -0.4 is 15.8 Å². The van der Waals surface area contributed by atoms with Crippen LogP contribution in [-0.4, -0.2) is 50.6 Å². The molecule has 32 heavy (non-hydrogen) atoms. The fourth-order valence-corrected chi connectivity index (χ4v) is 6.77. The van der Waals surface area contributed by atoms with Crippen molar-refractivity contribution in [3.05, 3.63) is 53.1 Å². The molecule has 3 N–H and O–H groups in total. The number of aliphatic imine (C=N–C) groups is 1. The summed E-state index contributed by atoms with van der Waals surface area (Å²) >= 11 is 0. The predicted octanol–water partition coefficient (Wildman–Crippen LogP) is 2.43. The maximum Gasteiger partial charge on any atom is 0.274 e. The number of amides is 1. The lowest BCUT2D eigenvalue weighted by atomic mass is 9.87. The largest absolute Gasteiger partial charge is 0.495 e. The van der Waals surface area contributed by atoms with Crippen LogP contribution >= 0.6 is 0 Å². The third kappa shape index (κ3) is 3.38. The second-order valence-corrected chi connectivity index (χ2v) is 10.6. The molecule has 3 atom stereocenters. The number of fused-ring (bicyclic) bond motifs is 1. The summed E-state index contributed by atoms with van der Waals surface area (Å²) in [6.45, 7) is 1.75. The first-order valence-electron chi connectivity index (χ1n) is 10.2. The third-order valence-electron chi connectivity index (χ3n) is 6.30. The molecule has 1 fully saturated rings. The molecule has 1 aliphatic heterocycles. The highest BCUT2D eigenvalue weighted by Gasteiger charge is 2.54. The van der Waals surface area contributed by atoms with E-state index in [1.807, 2.05) is 0 Å². The van der Waals surface area contributed by atoms with Gasteiger partial charge in [-0.05, 0) is 61.9 Å². The molecule has 8 nitrogen and oxygen atoms in total. The van der Waals surface area contributed by atoms with Gasteiger partial charge < -0.3 is 15.8 Å². The number of carbonyl (C=O) groups is 1. The van der Waals surface area contributed by atoms with Crippen LogP contribution in [0.4, 0.5) is 10.1 Å². The van der Waals surface area contributed by atoms with Crippen molar-refractivity contribution in [1.29, 1.82) is 0 Å². The first kappa shape index (κ1) is 22.1. The van der Waals surface area contributed by atoms with Crippen LogP contribution in [0.15, 0.2) is 35.5 Å². The normalized spacial score (nSPS) is 26.9. The topological polar surface area (TPSA) is 110 Å². The Labute approximate surface area is 186 Å². The van der Waals surface area contributed by atoms with E-state index < -0.39 is 32.2 Å². The number of hydrogen-bond donors (Lipinski definition) is 2. The van der Waals surface area contributed by atoms with Gasteiger partial charge in [0.15, 0.2) is 0 Å². The molecule has 0 spiro atoms.